The number of ether oxygens (including phenoxy) is 1. The van der Waals surface area contributed by atoms with Crippen molar-refractivity contribution in [2.75, 3.05) is 18.1 Å². The molecule has 0 aliphatic carbocycles. The maximum Gasteiger partial charge on any atom is 0.389 e. The van der Waals surface area contributed by atoms with Crippen molar-refractivity contribution in [3.05, 3.63) is 59.7 Å². The first kappa shape index (κ1) is 27.2. The molecule has 8 nitrogen and oxygen atoms in total. The van der Waals surface area contributed by atoms with Gasteiger partial charge in [0, 0.05) is 29.4 Å². The number of amides is 3. The van der Waals surface area contributed by atoms with E-state index in [-0.39, 0.29) is 19.6 Å². The van der Waals surface area contributed by atoms with E-state index in [1.807, 2.05) is 36.4 Å². The number of para-hydroxylation sites is 1. The van der Waals surface area contributed by atoms with Crippen molar-refractivity contribution in [2.45, 2.75) is 44.9 Å². The molecule has 0 fully saturated rings. The third-order valence-corrected chi connectivity index (χ3v) is 6.71. The van der Waals surface area contributed by atoms with Crippen molar-refractivity contribution in [1.82, 2.24) is 5.32 Å². The Morgan fingerprint density at radius 1 is 1.13 bits per heavy atom. The molecule has 0 saturated heterocycles. The van der Waals surface area contributed by atoms with E-state index in [0.29, 0.717) is 34.7 Å². The molecule has 0 saturated carbocycles. The van der Waals surface area contributed by atoms with Crippen LogP contribution in [0.3, 0.4) is 0 Å². The average Bonchev–Trinajstić information content (AvgIpc) is 3.00. The topological polar surface area (TPSA) is 114 Å². The van der Waals surface area contributed by atoms with Gasteiger partial charge in [-0.3, -0.25) is 14.4 Å². The number of alkyl halides is 3. The first-order chi connectivity index (χ1) is 18.1. The lowest BCUT2D eigenvalue weighted by atomic mass is 9.83. The monoisotopic (exact) mass is 530 g/mol. The van der Waals surface area contributed by atoms with Gasteiger partial charge in [0.2, 0.25) is 18.0 Å². The highest BCUT2D eigenvalue weighted by molar-refractivity contribution is 6.21. The number of halogens is 3. The van der Waals surface area contributed by atoms with Crippen molar-refractivity contribution in [2.24, 2.45) is 22.6 Å². The number of nitrogens with one attached hydrogen (secondary N) is 1. The van der Waals surface area contributed by atoms with Crippen LogP contribution in [-0.4, -0.2) is 48.9 Å². The highest BCUT2D eigenvalue weighted by Gasteiger charge is 2.40. The lowest BCUT2D eigenvalue weighted by molar-refractivity contribution is -0.146. The van der Waals surface area contributed by atoms with Gasteiger partial charge in [0.05, 0.1) is 17.9 Å². The molecular weight excluding hydrogens is 501 g/mol. The fourth-order valence-corrected chi connectivity index (χ4v) is 4.94. The lowest BCUT2D eigenvalue weighted by Gasteiger charge is -2.31. The Bertz CT molecular complexity index is 1230. The summed E-state index contributed by atoms with van der Waals surface area (Å²) in [7, 11) is 0. The van der Waals surface area contributed by atoms with Gasteiger partial charge in [-0.1, -0.05) is 55.8 Å². The number of benzene rings is 2. The van der Waals surface area contributed by atoms with Crippen LogP contribution in [0.1, 0.15) is 43.7 Å². The minimum absolute atomic E-state index is 0.120. The number of rotatable bonds is 9. The highest BCUT2D eigenvalue weighted by Crippen LogP contribution is 2.38. The molecule has 2 aromatic carbocycles. The van der Waals surface area contributed by atoms with Gasteiger partial charge in [0.1, 0.15) is 12.4 Å². The van der Waals surface area contributed by atoms with Crippen LogP contribution < -0.4 is 20.7 Å². The third-order valence-electron chi connectivity index (χ3n) is 6.71. The summed E-state index contributed by atoms with van der Waals surface area (Å²) in [5, 5.41) is 2.62. The molecule has 2 heterocycles. The van der Waals surface area contributed by atoms with Gasteiger partial charge >= 0.3 is 6.18 Å². The number of carbonyl (C=O) groups is 3. The van der Waals surface area contributed by atoms with Crippen LogP contribution in [0.4, 0.5) is 18.9 Å². The molecule has 0 aromatic heterocycles. The smallest absolute Gasteiger partial charge is 0.389 e. The Kier molecular flexibility index (Phi) is 8.03. The molecule has 0 radical (unpaired) electrons. The largest absolute Gasteiger partial charge is 0.490 e. The predicted octanol–water partition coefficient (Wildman–Crippen LogP) is 3.57. The fourth-order valence-electron chi connectivity index (χ4n) is 4.94. The van der Waals surface area contributed by atoms with E-state index in [2.05, 4.69) is 10.3 Å². The van der Waals surface area contributed by atoms with Gasteiger partial charge in [0.15, 0.2) is 0 Å². The first-order valence-electron chi connectivity index (χ1n) is 12.5. The summed E-state index contributed by atoms with van der Waals surface area (Å²) in [5.41, 5.74) is 7.77. The molecule has 38 heavy (non-hydrogen) atoms. The SMILES string of the molecule is CCC[C@@H](C(=O)N[C@H]1N=C(c2ccccc2)c2cccc3c2N(CCO3)C1=O)[C@H](CCC(F)(F)F)C(N)=O. The van der Waals surface area contributed by atoms with Gasteiger partial charge in [0.25, 0.3) is 5.91 Å². The van der Waals surface area contributed by atoms with Crippen molar-refractivity contribution in [1.29, 1.82) is 0 Å². The van der Waals surface area contributed by atoms with E-state index in [1.165, 1.54) is 4.90 Å². The average molecular weight is 531 g/mol. The molecule has 0 bridgehead atoms. The first-order valence-corrected chi connectivity index (χ1v) is 12.5. The van der Waals surface area contributed by atoms with E-state index in [0.717, 1.165) is 0 Å². The van der Waals surface area contributed by atoms with Crippen molar-refractivity contribution in [3.8, 4) is 5.75 Å². The second-order valence-corrected chi connectivity index (χ2v) is 9.30. The zero-order chi connectivity index (χ0) is 27.4. The molecule has 4 rings (SSSR count). The quantitative estimate of drug-likeness (QED) is 0.516. The van der Waals surface area contributed by atoms with E-state index in [9.17, 15) is 27.6 Å². The van der Waals surface area contributed by atoms with Gasteiger partial charge in [-0.15, -0.1) is 0 Å². The Morgan fingerprint density at radius 2 is 1.87 bits per heavy atom. The Hall–Kier alpha value is -3.89. The lowest BCUT2D eigenvalue weighted by Crippen LogP contribution is -2.52. The number of hydrogen-bond donors (Lipinski definition) is 2. The molecule has 3 N–H and O–H groups in total. The fraction of sp³-hybridized carbons (Fsp3) is 0.407. The Labute approximate surface area is 218 Å². The summed E-state index contributed by atoms with van der Waals surface area (Å²) in [6, 6.07) is 14.5. The van der Waals surface area contributed by atoms with Crippen LogP contribution in [-0.2, 0) is 14.4 Å². The molecule has 3 atom stereocenters. The zero-order valence-corrected chi connectivity index (χ0v) is 20.8. The Balaban J connectivity index is 1.71. The van der Waals surface area contributed by atoms with E-state index in [4.69, 9.17) is 10.5 Å². The molecule has 2 aliphatic heterocycles. The minimum atomic E-state index is -4.51. The maximum absolute atomic E-state index is 13.7. The number of nitrogens with two attached hydrogens (primary N) is 1. The van der Waals surface area contributed by atoms with Crippen LogP contribution in [0.15, 0.2) is 53.5 Å². The summed E-state index contributed by atoms with van der Waals surface area (Å²) in [5.74, 6) is -4.23. The van der Waals surface area contributed by atoms with Crippen LogP contribution in [0.25, 0.3) is 0 Å². The predicted molar refractivity (Wildman–Crippen MR) is 135 cm³/mol. The summed E-state index contributed by atoms with van der Waals surface area (Å²) in [4.78, 5) is 45.4. The molecule has 3 amide bonds. The van der Waals surface area contributed by atoms with Crippen LogP contribution in [0, 0.1) is 11.8 Å². The number of anilines is 1. The molecule has 0 unspecified atom stereocenters. The molecule has 2 aromatic rings. The third kappa shape index (κ3) is 5.81. The van der Waals surface area contributed by atoms with Crippen molar-refractivity contribution in [3.63, 3.8) is 0 Å². The minimum Gasteiger partial charge on any atom is -0.490 e. The summed E-state index contributed by atoms with van der Waals surface area (Å²) >= 11 is 0. The second-order valence-electron chi connectivity index (χ2n) is 9.30. The van der Waals surface area contributed by atoms with Gasteiger partial charge < -0.3 is 20.7 Å². The standard InChI is InChI=1S/C27H29F3N4O4/c1-2-7-18(17(23(31)35)12-13-27(28,29)30)25(36)33-24-26(37)34-14-15-38-20-11-6-10-19(22(20)34)21(32-24)16-8-4-3-5-9-16/h3-6,8-11,17-18,24H,2,7,12-15H2,1H3,(H2,31,35)(H,33,36)/t17-,18+,24+/m0/s1. The summed E-state index contributed by atoms with van der Waals surface area (Å²) in [6.45, 7) is 2.21. The number of primary amides is 1. The van der Waals surface area contributed by atoms with Gasteiger partial charge in [-0.25, -0.2) is 4.99 Å². The van der Waals surface area contributed by atoms with Crippen molar-refractivity contribution >= 4 is 29.1 Å². The van der Waals surface area contributed by atoms with Crippen LogP contribution in [0.5, 0.6) is 5.75 Å². The number of aliphatic imine (C=N–C) groups is 1. The van der Waals surface area contributed by atoms with E-state index in [1.54, 1.807) is 19.1 Å². The Morgan fingerprint density at radius 3 is 2.53 bits per heavy atom. The molecular formula is C27H29F3N4O4. The molecule has 202 valence electrons. The number of hydrogen-bond acceptors (Lipinski definition) is 5. The normalized spacial score (nSPS) is 18.4. The molecule has 0 spiro atoms. The van der Waals surface area contributed by atoms with Gasteiger partial charge in [-0.2, -0.15) is 13.2 Å². The van der Waals surface area contributed by atoms with E-state index >= 15 is 0 Å². The highest BCUT2D eigenvalue weighted by atomic mass is 19.4. The number of carbonyl (C=O) groups excluding carboxylic acids is 3. The number of nitrogens with zero attached hydrogens (tertiary/aromatic N) is 2. The van der Waals surface area contributed by atoms with Gasteiger partial charge in [-0.05, 0) is 18.9 Å². The molecule has 11 heteroatoms. The van der Waals surface area contributed by atoms with E-state index < -0.39 is 54.7 Å². The zero-order valence-electron chi connectivity index (χ0n) is 20.8. The van der Waals surface area contributed by atoms with Crippen LogP contribution in [0.2, 0.25) is 0 Å². The molecule has 2 aliphatic rings. The van der Waals surface area contributed by atoms with Crippen molar-refractivity contribution < 1.29 is 32.3 Å². The second kappa shape index (κ2) is 11.2. The van der Waals surface area contributed by atoms with Crippen LogP contribution >= 0.6 is 0 Å². The summed E-state index contributed by atoms with van der Waals surface area (Å²) < 4.78 is 44.5. The maximum atomic E-state index is 13.7. The summed E-state index contributed by atoms with van der Waals surface area (Å²) in [6.07, 6.45) is -7.21.